The van der Waals surface area contributed by atoms with Gasteiger partial charge in [-0.2, -0.15) is 5.10 Å². The minimum absolute atomic E-state index is 0.00976. The van der Waals surface area contributed by atoms with Crippen LogP contribution in [0.25, 0.3) is 0 Å². The molecule has 2 aromatic rings. The zero-order valence-electron chi connectivity index (χ0n) is 14.0. The lowest BCUT2D eigenvalue weighted by Gasteiger charge is -2.40. The maximum Gasteiger partial charge on any atom is 0.318 e. The van der Waals surface area contributed by atoms with Crippen LogP contribution in [0.4, 0.5) is 4.79 Å². The van der Waals surface area contributed by atoms with Crippen LogP contribution >= 0.6 is 0 Å². The predicted molar refractivity (Wildman–Crippen MR) is 91.4 cm³/mol. The second kappa shape index (κ2) is 7.92. The molecular weight excluding hydrogens is 304 g/mol. The van der Waals surface area contributed by atoms with Gasteiger partial charge < -0.3 is 15.1 Å². The molecule has 0 saturated carbocycles. The molecule has 0 spiro atoms. The summed E-state index contributed by atoms with van der Waals surface area (Å²) in [5.41, 5.74) is 1.18. The van der Waals surface area contributed by atoms with Gasteiger partial charge in [0.05, 0.1) is 6.04 Å². The number of aryl methyl sites for hydroxylation is 1. The van der Waals surface area contributed by atoms with E-state index >= 15 is 0 Å². The summed E-state index contributed by atoms with van der Waals surface area (Å²) in [6.45, 7) is 3.88. The Labute approximate surface area is 142 Å². The number of hydrogen-bond acceptors (Lipinski definition) is 4. The van der Waals surface area contributed by atoms with E-state index in [2.05, 4.69) is 39.5 Å². The molecule has 0 unspecified atom stereocenters. The molecule has 3 rings (SSSR count). The molecule has 2 amide bonds. The Morgan fingerprint density at radius 2 is 2.12 bits per heavy atom. The number of carbonyl (C=O) groups is 1. The largest absolute Gasteiger partial charge is 0.338 e. The second-order valence-corrected chi connectivity index (χ2v) is 6.13. The van der Waals surface area contributed by atoms with Gasteiger partial charge >= 0.3 is 6.03 Å². The quantitative estimate of drug-likeness (QED) is 0.842. The minimum atomic E-state index is 0.00976. The maximum atomic E-state index is 12.6. The van der Waals surface area contributed by atoms with Crippen LogP contribution in [0.3, 0.4) is 0 Å². The highest BCUT2D eigenvalue weighted by atomic mass is 16.2. The number of benzene rings is 1. The Hall–Kier alpha value is -2.41. The molecule has 1 atom stereocenters. The fraction of sp³-hybridized carbons (Fsp3) is 0.471. The number of piperazine rings is 1. The SMILES string of the molecule is CN1CCN(C(=O)NCCCn2cncn2)[C@H](c2ccccc2)C1. The maximum absolute atomic E-state index is 12.6. The lowest BCUT2D eigenvalue weighted by Crippen LogP contribution is -2.52. The van der Waals surface area contributed by atoms with Gasteiger partial charge in [0, 0.05) is 32.7 Å². The molecule has 1 N–H and O–H groups in total. The van der Waals surface area contributed by atoms with Gasteiger partial charge in [-0.1, -0.05) is 30.3 Å². The van der Waals surface area contributed by atoms with Crippen LogP contribution < -0.4 is 5.32 Å². The van der Waals surface area contributed by atoms with Crippen molar-refractivity contribution in [3.8, 4) is 0 Å². The van der Waals surface area contributed by atoms with Crippen LogP contribution in [-0.2, 0) is 6.54 Å². The van der Waals surface area contributed by atoms with Crippen LogP contribution in [-0.4, -0.2) is 63.8 Å². The summed E-state index contributed by atoms with van der Waals surface area (Å²) in [5, 5.41) is 7.10. The third kappa shape index (κ3) is 4.11. The summed E-state index contributed by atoms with van der Waals surface area (Å²) in [6, 6.07) is 10.3. The Bertz CT molecular complexity index is 630. The molecule has 7 heteroatoms. The van der Waals surface area contributed by atoms with E-state index in [1.54, 1.807) is 11.0 Å². The highest BCUT2D eigenvalue weighted by Crippen LogP contribution is 2.24. The Morgan fingerprint density at radius 1 is 1.29 bits per heavy atom. The lowest BCUT2D eigenvalue weighted by molar-refractivity contribution is 0.109. The van der Waals surface area contributed by atoms with E-state index < -0.39 is 0 Å². The predicted octanol–water partition coefficient (Wildman–Crippen LogP) is 1.37. The van der Waals surface area contributed by atoms with Gasteiger partial charge in [0.2, 0.25) is 0 Å². The number of likely N-dealkylation sites (N-methyl/N-ethyl adjacent to an activating group) is 1. The molecule has 0 aliphatic carbocycles. The summed E-state index contributed by atoms with van der Waals surface area (Å²) in [7, 11) is 2.10. The summed E-state index contributed by atoms with van der Waals surface area (Å²) >= 11 is 0. The molecule has 1 saturated heterocycles. The van der Waals surface area contributed by atoms with Crippen LogP contribution in [0.1, 0.15) is 18.0 Å². The third-order valence-corrected chi connectivity index (χ3v) is 4.34. The molecule has 7 nitrogen and oxygen atoms in total. The normalized spacial score (nSPS) is 18.5. The van der Waals surface area contributed by atoms with Crippen molar-refractivity contribution in [2.24, 2.45) is 0 Å². The highest BCUT2D eigenvalue weighted by molar-refractivity contribution is 5.75. The first-order valence-electron chi connectivity index (χ1n) is 8.34. The first-order valence-corrected chi connectivity index (χ1v) is 8.34. The monoisotopic (exact) mass is 328 g/mol. The number of urea groups is 1. The summed E-state index contributed by atoms with van der Waals surface area (Å²) in [5.74, 6) is 0. The Morgan fingerprint density at radius 3 is 2.88 bits per heavy atom. The van der Waals surface area contributed by atoms with E-state index in [1.807, 2.05) is 23.1 Å². The van der Waals surface area contributed by atoms with Crippen molar-refractivity contribution in [1.82, 2.24) is 29.9 Å². The number of hydrogen-bond donors (Lipinski definition) is 1. The molecule has 24 heavy (non-hydrogen) atoms. The van der Waals surface area contributed by atoms with Crippen LogP contribution in [0.15, 0.2) is 43.0 Å². The molecular formula is C17H24N6O. The molecule has 1 fully saturated rings. The molecule has 1 aromatic carbocycles. The van der Waals surface area contributed by atoms with Crippen molar-refractivity contribution >= 4 is 6.03 Å². The molecule has 0 bridgehead atoms. The van der Waals surface area contributed by atoms with Gasteiger partial charge in [0.25, 0.3) is 0 Å². The lowest BCUT2D eigenvalue weighted by atomic mass is 10.0. The summed E-state index contributed by atoms with van der Waals surface area (Å²) < 4.78 is 1.77. The highest BCUT2D eigenvalue weighted by Gasteiger charge is 2.29. The van der Waals surface area contributed by atoms with Gasteiger partial charge in [-0.15, -0.1) is 0 Å². The Kier molecular flexibility index (Phi) is 5.43. The van der Waals surface area contributed by atoms with E-state index in [-0.39, 0.29) is 12.1 Å². The average molecular weight is 328 g/mol. The first kappa shape index (κ1) is 16.4. The van der Waals surface area contributed by atoms with Crippen molar-refractivity contribution in [1.29, 1.82) is 0 Å². The van der Waals surface area contributed by atoms with Gasteiger partial charge in [-0.05, 0) is 19.0 Å². The summed E-state index contributed by atoms with van der Waals surface area (Å²) in [4.78, 5) is 20.7. The third-order valence-electron chi connectivity index (χ3n) is 4.34. The number of carbonyl (C=O) groups excluding carboxylic acids is 1. The zero-order chi connectivity index (χ0) is 16.8. The van der Waals surface area contributed by atoms with Gasteiger partial charge in [0.15, 0.2) is 0 Å². The average Bonchev–Trinajstić information content (AvgIpc) is 3.12. The topological polar surface area (TPSA) is 66.3 Å². The van der Waals surface area contributed by atoms with Gasteiger partial charge in [0.1, 0.15) is 12.7 Å². The van der Waals surface area contributed by atoms with Crippen molar-refractivity contribution in [3.05, 3.63) is 48.5 Å². The Balaban J connectivity index is 1.55. The summed E-state index contributed by atoms with van der Waals surface area (Å²) in [6.07, 6.45) is 4.04. The van der Waals surface area contributed by atoms with Crippen molar-refractivity contribution < 1.29 is 4.79 Å². The molecule has 128 valence electrons. The van der Waals surface area contributed by atoms with Crippen LogP contribution in [0, 0.1) is 0 Å². The standard InChI is InChI=1S/C17H24N6O/c1-21-10-11-23(16(12-21)15-6-3-2-4-7-15)17(24)19-8-5-9-22-14-18-13-20-22/h2-4,6-7,13-14,16H,5,8-12H2,1H3,(H,19,24)/t16-/m0/s1. The fourth-order valence-corrected chi connectivity index (χ4v) is 3.01. The van der Waals surface area contributed by atoms with Crippen molar-refractivity contribution in [2.45, 2.75) is 19.0 Å². The van der Waals surface area contributed by atoms with Crippen molar-refractivity contribution in [2.75, 3.05) is 33.2 Å². The number of rotatable bonds is 5. The van der Waals surface area contributed by atoms with Crippen molar-refractivity contribution in [3.63, 3.8) is 0 Å². The fourth-order valence-electron chi connectivity index (χ4n) is 3.01. The van der Waals surface area contributed by atoms with Crippen LogP contribution in [0.2, 0.25) is 0 Å². The molecule has 0 radical (unpaired) electrons. The number of nitrogens with zero attached hydrogens (tertiary/aromatic N) is 5. The number of aromatic nitrogens is 3. The van der Waals surface area contributed by atoms with E-state index in [9.17, 15) is 4.79 Å². The van der Waals surface area contributed by atoms with E-state index in [4.69, 9.17) is 0 Å². The van der Waals surface area contributed by atoms with Crippen LogP contribution in [0.5, 0.6) is 0 Å². The van der Waals surface area contributed by atoms with Gasteiger partial charge in [-0.3, -0.25) is 4.68 Å². The molecule has 2 heterocycles. The van der Waals surface area contributed by atoms with E-state index in [0.717, 1.165) is 32.6 Å². The smallest absolute Gasteiger partial charge is 0.318 e. The molecule has 1 aliphatic heterocycles. The van der Waals surface area contributed by atoms with E-state index in [0.29, 0.717) is 6.54 Å². The first-order chi connectivity index (χ1) is 11.7. The molecule has 1 aromatic heterocycles. The van der Waals surface area contributed by atoms with Gasteiger partial charge in [-0.25, -0.2) is 9.78 Å². The zero-order valence-corrected chi connectivity index (χ0v) is 14.0. The van der Waals surface area contributed by atoms with E-state index in [1.165, 1.54) is 11.9 Å². The minimum Gasteiger partial charge on any atom is -0.338 e. The molecule has 1 aliphatic rings. The number of nitrogens with one attached hydrogen (secondary N) is 1. The second-order valence-electron chi connectivity index (χ2n) is 6.13. The number of amides is 2.